The monoisotopic (exact) mass is 261 g/mol. The number of nitrogen functional groups attached to an aromatic ring is 1. The molecule has 0 saturated carbocycles. The molecule has 0 radical (unpaired) electrons. The second kappa shape index (κ2) is 5.09. The van der Waals surface area contributed by atoms with E-state index in [0.29, 0.717) is 11.6 Å². The third-order valence-electron chi connectivity index (χ3n) is 3.85. The van der Waals surface area contributed by atoms with E-state index in [1.165, 1.54) is 6.42 Å². The smallest absolute Gasteiger partial charge is 0.265 e. The van der Waals surface area contributed by atoms with Crippen molar-refractivity contribution in [2.75, 3.05) is 36.9 Å². The third-order valence-corrected chi connectivity index (χ3v) is 3.85. The summed E-state index contributed by atoms with van der Waals surface area (Å²) in [6, 6.07) is 5.45. The van der Waals surface area contributed by atoms with Gasteiger partial charge in [0, 0.05) is 12.2 Å². The van der Waals surface area contributed by atoms with Crippen LogP contribution in [0, 0.1) is 5.92 Å². The summed E-state index contributed by atoms with van der Waals surface area (Å²) in [5.74, 6) is 1.43. The predicted octanol–water partition coefficient (Wildman–Crippen LogP) is 0.994. The number of amides is 1. The van der Waals surface area contributed by atoms with Gasteiger partial charge in [-0.2, -0.15) is 0 Å². The van der Waals surface area contributed by atoms with Gasteiger partial charge in [0.05, 0.1) is 5.69 Å². The second-order valence-electron chi connectivity index (χ2n) is 5.21. The molecule has 0 spiro atoms. The van der Waals surface area contributed by atoms with Crippen molar-refractivity contribution in [1.29, 1.82) is 0 Å². The topological polar surface area (TPSA) is 67.6 Å². The van der Waals surface area contributed by atoms with Crippen molar-refractivity contribution in [3.8, 4) is 5.75 Å². The SMILES string of the molecule is Nc1ccc2c(c1)N(CCC1CCNC1)C(=O)CO2. The summed E-state index contributed by atoms with van der Waals surface area (Å²) in [6.45, 7) is 3.01. The summed E-state index contributed by atoms with van der Waals surface area (Å²) < 4.78 is 5.43. The highest BCUT2D eigenvalue weighted by Gasteiger charge is 2.26. The van der Waals surface area contributed by atoms with Crippen LogP contribution in [-0.2, 0) is 4.79 Å². The van der Waals surface area contributed by atoms with Gasteiger partial charge in [0.2, 0.25) is 0 Å². The zero-order valence-electron chi connectivity index (χ0n) is 10.9. The molecule has 1 atom stereocenters. The van der Waals surface area contributed by atoms with E-state index in [4.69, 9.17) is 10.5 Å². The molecule has 1 saturated heterocycles. The maximum Gasteiger partial charge on any atom is 0.265 e. The van der Waals surface area contributed by atoms with E-state index < -0.39 is 0 Å². The second-order valence-corrected chi connectivity index (χ2v) is 5.21. The number of carbonyl (C=O) groups excluding carboxylic acids is 1. The Labute approximate surface area is 112 Å². The molecule has 19 heavy (non-hydrogen) atoms. The highest BCUT2D eigenvalue weighted by molar-refractivity contribution is 5.98. The molecule has 5 heteroatoms. The third kappa shape index (κ3) is 2.51. The molecule has 2 aliphatic heterocycles. The quantitative estimate of drug-likeness (QED) is 0.796. The van der Waals surface area contributed by atoms with Gasteiger partial charge in [-0.3, -0.25) is 4.79 Å². The van der Waals surface area contributed by atoms with E-state index in [2.05, 4.69) is 5.32 Å². The average Bonchev–Trinajstić information content (AvgIpc) is 2.91. The summed E-state index contributed by atoms with van der Waals surface area (Å²) in [6.07, 6.45) is 2.22. The lowest BCUT2D eigenvalue weighted by Gasteiger charge is -2.30. The van der Waals surface area contributed by atoms with Crippen molar-refractivity contribution in [2.45, 2.75) is 12.8 Å². The maximum absolute atomic E-state index is 12.0. The number of nitrogens with one attached hydrogen (secondary N) is 1. The summed E-state index contributed by atoms with van der Waals surface area (Å²) in [5, 5.41) is 3.35. The van der Waals surface area contributed by atoms with Crippen LogP contribution in [0.4, 0.5) is 11.4 Å². The van der Waals surface area contributed by atoms with Crippen molar-refractivity contribution in [2.24, 2.45) is 5.92 Å². The molecular weight excluding hydrogens is 242 g/mol. The first-order chi connectivity index (χ1) is 9.24. The number of carbonyl (C=O) groups is 1. The molecule has 2 heterocycles. The van der Waals surface area contributed by atoms with Crippen LogP contribution < -0.4 is 20.7 Å². The molecule has 102 valence electrons. The van der Waals surface area contributed by atoms with Crippen molar-refractivity contribution < 1.29 is 9.53 Å². The van der Waals surface area contributed by atoms with Gasteiger partial charge in [-0.1, -0.05) is 0 Å². The van der Waals surface area contributed by atoms with Crippen LogP contribution in [0.15, 0.2) is 18.2 Å². The highest BCUT2D eigenvalue weighted by atomic mass is 16.5. The molecule has 1 aromatic carbocycles. The fraction of sp³-hybridized carbons (Fsp3) is 0.500. The first-order valence-corrected chi connectivity index (χ1v) is 6.77. The van der Waals surface area contributed by atoms with Crippen LogP contribution in [0.5, 0.6) is 5.75 Å². The fourth-order valence-electron chi connectivity index (χ4n) is 2.74. The largest absolute Gasteiger partial charge is 0.482 e. The minimum atomic E-state index is 0.0176. The van der Waals surface area contributed by atoms with Gasteiger partial charge in [-0.25, -0.2) is 0 Å². The van der Waals surface area contributed by atoms with Crippen LogP contribution in [-0.4, -0.2) is 32.1 Å². The summed E-state index contributed by atoms with van der Waals surface area (Å²) in [5.41, 5.74) is 7.27. The molecule has 2 aliphatic rings. The Kier molecular flexibility index (Phi) is 3.29. The van der Waals surface area contributed by atoms with Gasteiger partial charge in [-0.15, -0.1) is 0 Å². The van der Waals surface area contributed by atoms with Gasteiger partial charge in [0.1, 0.15) is 5.75 Å². The summed E-state index contributed by atoms with van der Waals surface area (Å²) >= 11 is 0. The molecule has 1 aromatic rings. The van der Waals surface area contributed by atoms with Crippen LogP contribution in [0.3, 0.4) is 0 Å². The number of rotatable bonds is 3. The van der Waals surface area contributed by atoms with Gasteiger partial charge < -0.3 is 20.7 Å². The normalized spacial score (nSPS) is 22.2. The molecule has 0 aromatic heterocycles. The van der Waals surface area contributed by atoms with Crippen molar-refractivity contribution in [3.63, 3.8) is 0 Å². The number of hydrogen-bond acceptors (Lipinski definition) is 4. The number of hydrogen-bond donors (Lipinski definition) is 2. The minimum Gasteiger partial charge on any atom is -0.482 e. The van der Waals surface area contributed by atoms with Gasteiger partial charge >= 0.3 is 0 Å². The Morgan fingerprint density at radius 3 is 3.16 bits per heavy atom. The van der Waals surface area contributed by atoms with Crippen LogP contribution in [0.1, 0.15) is 12.8 Å². The first kappa shape index (κ1) is 12.3. The summed E-state index contributed by atoms with van der Waals surface area (Å²) in [7, 11) is 0. The van der Waals surface area contributed by atoms with E-state index in [1.807, 2.05) is 17.0 Å². The van der Waals surface area contributed by atoms with Crippen LogP contribution >= 0.6 is 0 Å². The number of ether oxygens (including phenoxy) is 1. The maximum atomic E-state index is 12.0. The Bertz CT molecular complexity index is 484. The zero-order valence-corrected chi connectivity index (χ0v) is 10.9. The number of anilines is 2. The van der Waals surface area contributed by atoms with E-state index in [0.717, 1.165) is 37.5 Å². The van der Waals surface area contributed by atoms with Crippen molar-refractivity contribution in [1.82, 2.24) is 5.32 Å². The zero-order chi connectivity index (χ0) is 13.2. The molecule has 1 amide bonds. The van der Waals surface area contributed by atoms with Crippen LogP contribution in [0.25, 0.3) is 0 Å². The molecule has 1 fully saturated rings. The first-order valence-electron chi connectivity index (χ1n) is 6.77. The lowest BCUT2D eigenvalue weighted by molar-refractivity contribution is -0.121. The lowest BCUT2D eigenvalue weighted by atomic mass is 10.0. The number of nitrogens with zero attached hydrogens (tertiary/aromatic N) is 1. The van der Waals surface area contributed by atoms with E-state index >= 15 is 0 Å². The van der Waals surface area contributed by atoms with E-state index in [-0.39, 0.29) is 12.5 Å². The summed E-state index contributed by atoms with van der Waals surface area (Å²) in [4.78, 5) is 13.8. The Morgan fingerprint density at radius 1 is 1.47 bits per heavy atom. The van der Waals surface area contributed by atoms with E-state index in [9.17, 15) is 4.79 Å². The number of fused-ring (bicyclic) bond motifs is 1. The van der Waals surface area contributed by atoms with Crippen molar-refractivity contribution >= 4 is 17.3 Å². The van der Waals surface area contributed by atoms with Crippen LogP contribution in [0.2, 0.25) is 0 Å². The predicted molar refractivity (Wildman–Crippen MR) is 74.3 cm³/mol. The molecule has 0 aliphatic carbocycles. The van der Waals surface area contributed by atoms with Gasteiger partial charge in [0.25, 0.3) is 5.91 Å². The number of nitrogens with two attached hydrogens (primary N) is 1. The molecule has 5 nitrogen and oxygen atoms in total. The van der Waals surface area contributed by atoms with E-state index in [1.54, 1.807) is 6.07 Å². The number of benzene rings is 1. The van der Waals surface area contributed by atoms with Crippen molar-refractivity contribution in [3.05, 3.63) is 18.2 Å². The Hall–Kier alpha value is -1.75. The molecule has 3 N–H and O–H groups in total. The molecular formula is C14H19N3O2. The Balaban J connectivity index is 1.76. The fourth-order valence-corrected chi connectivity index (χ4v) is 2.74. The average molecular weight is 261 g/mol. The minimum absolute atomic E-state index is 0.0176. The Morgan fingerprint density at radius 2 is 2.37 bits per heavy atom. The molecule has 1 unspecified atom stereocenters. The lowest BCUT2D eigenvalue weighted by Crippen LogP contribution is -2.40. The van der Waals surface area contributed by atoms with Gasteiger partial charge in [0.15, 0.2) is 6.61 Å². The highest BCUT2D eigenvalue weighted by Crippen LogP contribution is 2.34. The van der Waals surface area contributed by atoms with Gasteiger partial charge in [-0.05, 0) is 50.0 Å². The molecule has 3 rings (SSSR count). The standard InChI is InChI=1S/C14H19N3O2/c15-11-1-2-13-12(7-11)17(14(18)9-19-13)6-4-10-3-5-16-8-10/h1-2,7,10,16H,3-6,8-9,15H2. The molecule has 0 bridgehead atoms.